The molecule has 1 N–H and O–H groups in total. The van der Waals surface area contributed by atoms with Crippen LogP contribution in [-0.4, -0.2) is 66.9 Å². The third kappa shape index (κ3) is 3.80. The second kappa shape index (κ2) is 7.44. The van der Waals surface area contributed by atoms with Crippen molar-refractivity contribution < 1.29 is 9.84 Å². The molecule has 122 valence electrons. The Morgan fingerprint density at radius 1 is 1.27 bits per heavy atom. The number of benzene rings is 1. The van der Waals surface area contributed by atoms with Gasteiger partial charge in [-0.3, -0.25) is 4.90 Å². The Bertz CT molecular complexity index is 492. The van der Waals surface area contributed by atoms with Crippen molar-refractivity contribution in [1.29, 1.82) is 0 Å². The van der Waals surface area contributed by atoms with E-state index in [1.807, 2.05) is 0 Å². The number of hydrogen-bond donors (Lipinski definition) is 1. The number of aliphatic hydroxyl groups is 1. The van der Waals surface area contributed by atoms with Crippen molar-refractivity contribution in [3.05, 3.63) is 29.3 Å². The molecule has 3 rings (SSSR count). The Labute approximate surface area is 133 Å². The van der Waals surface area contributed by atoms with Gasteiger partial charge in [0, 0.05) is 38.6 Å². The van der Waals surface area contributed by atoms with E-state index < -0.39 is 0 Å². The van der Waals surface area contributed by atoms with Gasteiger partial charge in [-0.25, -0.2) is 0 Å². The molecule has 1 saturated heterocycles. The van der Waals surface area contributed by atoms with Crippen LogP contribution >= 0.6 is 0 Å². The first kappa shape index (κ1) is 15.8. The highest BCUT2D eigenvalue weighted by Gasteiger charge is 2.22. The molecule has 2 heterocycles. The van der Waals surface area contributed by atoms with E-state index in [2.05, 4.69) is 34.9 Å². The highest BCUT2D eigenvalue weighted by molar-refractivity contribution is 5.39. The van der Waals surface area contributed by atoms with E-state index in [1.165, 1.54) is 24.1 Å². The lowest BCUT2D eigenvalue weighted by Gasteiger charge is -2.39. The molecule has 0 bridgehead atoms. The molecule has 2 aliphatic heterocycles. The number of piperazine rings is 1. The SMILES string of the molecule is CC1CN(CCCc2ccc3c(c2)CCO3)CCN1CCO. The minimum Gasteiger partial charge on any atom is -0.493 e. The first-order chi connectivity index (χ1) is 10.8. The van der Waals surface area contributed by atoms with Crippen LogP contribution in [-0.2, 0) is 12.8 Å². The van der Waals surface area contributed by atoms with Gasteiger partial charge in [-0.15, -0.1) is 0 Å². The fourth-order valence-electron chi connectivity index (χ4n) is 3.64. The maximum Gasteiger partial charge on any atom is 0.122 e. The monoisotopic (exact) mass is 304 g/mol. The van der Waals surface area contributed by atoms with Crippen molar-refractivity contribution in [1.82, 2.24) is 9.80 Å². The third-order valence-corrected chi connectivity index (χ3v) is 4.93. The fourth-order valence-corrected chi connectivity index (χ4v) is 3.64. The van der Waals surface area contributed by atoms with Crippen LogP contribution in [0.3, 0.4) is 0 Å². The van der Waals surface area contributed by atoms with Gasteiger partial charge in [0.1, 0.15) is 5.75 Å². The van der Waals surface area contributed by atoms with Crippen LogP contribution in [0.5, 0.6) is 5.75 Å². The molecule has 0 aliphatic carbocycles. The number of nitrogens with zero attached hydrogens (tertiary/aromatic N) is 2. The number of fused-ring (bicyclic) bond motifs is 1. The van der Waals surface area contributed by atoms with Crippen LogP contribution in [0.25, 0.3) is 0 Å². The van der Waals surface area contributed by atoms with Gasteiger partial charge < -0.3 is 14.7 Å². The van der Waals surface area contributed by atoms with Crippen molar-refractivity contribution in [2.75, 3.05) is 45.9 Å². The Balaban J connectivity index is 1.42. The van der Waals surface area contributed by atoms with Crippen LogP contribution < -0.4 is 4.74 Å². The van der Waals surface area contributed by atoms with Gasteiger partial charge in [-0.2, -0.15) is 0 Å². The normalized spacial score (nSPS) is 22.5. The molecule has 1 aromatic rings. The fraction of sp³-hybridized carbons (Fsp3) is 0.667. The molecule has 1 aromatic carbocycles. The standard InChI is InChI=1S/C18H28N2O2/c1-15-14-19(8-9-20(15)10-11-21)7-2-3-16-4-5-18-17(13-16)6-12-22-18/h4-5,13,15,21H,2-3,6-12,14H2,1H3. The molecule has 0 amide bonds. The Morgan fingerprint density at radius 2 is 2.18 bits per heavy atom. The molecular formula is C18H28N2O2. The summed E-state index contributed by atoms with van der Waals surface area (Å²) < 4.78 is 5.56. The molecule has 0 aromatic heterocycles. The topological polar surface area (TPSA) is 35.9 Å². The quantitative estimate of drug-likeness (QED) is 0.865. The lowest BCUT2D eigenvalue weighted by atomic mass is 10.0. The van der Waals surface area contributed by atoms with Gasteiger partial charge in [0.25, 0.3) is 0 Å². The molecule has 4 heteroatoms. The summed E-state index contributed by atoms with van der Waals surface area (Å²) in [6, 6.07) is 7.22. The van der Waals surface area contributed by atoms with Crippen molar-refractivity contribution in [3.8, 4) is 5.75 Å². The molecule has 1 atom stereocenters. The summed E-state index contributed by atoms with van der Waals surface area (Å²) >= 11 is 0. The predicted molar refractivity (Wildman–Crippen MR) is 88.5 cm³/mol. The number of aliphatic hydroxyl groups excluding tert-OH is 1. The largest absolute Gasteiger partial charge is 0.493 e. The lowest BCUT2D eigenvalue weighted by molar-refractivity contribution is 0.0681. The molecule has 0 spiro atoms. The van der Waals surface area contributed by atoms with E-state index in [9.17, 15) is 0 Å². The second-order valence-corrected chi connectivity index (χ2v) is 6.55. The van der Waals surface area contributed by atoms with Gasteiger partial charge >= 0.3 is 0 Å². The number of aryl methyl sites for hydroxylation is 1. The van der Waals surface area contributed by atoms with Crippen LogP contribution in [0, 0.1) is 0 Å². The first-order valence-electron chi connectivity index (χ1n) is 8.58. The summed E-state index contributed by atoms with van der Waals surface area (Å²) in [4.78, 5) is 4.95. The van der Waals surface area contributed by atoms with E-state index in [0.29, 0.717) is 6.04 Å². The highest BCUT2D eigenvalue weighted by Crippen LogP contribution is 2.26. The third-order valence-electron chi connectivity index (χ3n) is 4.93. The van der Waals surface area contributed by atoms with Crippen LogP contribution in [0.4, 0.5) is 0 Å². The smallest absolute Gasteiger partial charge is 0.122 e. The molecule has 4 nitrogen and oxygen atoms in total. The van der Waals surface area contributed by atoms with Crippen molar-refractivity contribution >= 4 is 0 Å². The van der Waals surface area contributed by atoms with Crippen molar-refractivity contribution in [3.63, 3.8) is 0 Å². The van der Waals surface area contributed by atoms with Crippen molar-refractivity contribution in [2.24, 2.45) is 0 Å². The average Bonchev–Trinajstić information content (AvgIpc) is 2.98. The van der Waals surface area contributed by atoms with Crippen molar-refractivity contribution in [2.45, 2.75) is 32.2 Å². The summed E-state index contributed by atoms with van der Waals surface area (Å²) in [6.45, 7) is 8.69. The Hall–Kier alpha value is -1.10. The molecule has 2 aliphatic rings. The Kier molecular flexibility index (Phi) is 5.34. The van der Waals surface area contributed by atoms with E-state index in [1.54, 1.807) is 0 Å². The second-order valence-electron chi connectivity index (χ2n) is 6.55. The maximum atomic E-state index is 9.07. The van der Waals surface area contributed by atoms with E-state index in [-0.39, 0.29) is 6.61 Å². The number of hydrogen-bond acceptors (Lipinski definition) is 4. The summed E-state index contributed by atoms with van der Waals surface area (Å²) in [5.41, 5.74) is 2.82. The first-order valence-corrected chi connectivity index (χ1v) is 8.58. The minimum absolute atomic E-state index is 0.270. The average molecular weight is 304 g/mol. The van der Waals surface area contributed by atoms with Gasteiger partial charge in [-0.1, -0.05) is 12.1 Å². The van der Waals surface area contributed by atoms with Gasteiger partial charge in [-0.05, 0) is 43.5 Å². The summed E-state index contributed by atoms with van der Waals surface area (Å²) in [6.07, 6.45) is 3.43. The minimum atomic E-state index is 0.270. The summed E-state index contributed by atoms with van der Waals surface area (Å²) in [7, 11) is 0. The van der Waals surface area contributed by atoms with Gasteiger partial charge in [0.15, 0.2) is 0 Å². The lowest BCUT2D eigenvalue weighted by Crippen LogP contribution is -2.52. The Morgan fingerprint density at radius 3 is 3.00 bits per heavy atom. The molecule has 0 radical (unpaired) electrons. The van der Waals surface area contributed by atoms with E-state index in [4.69, 9.17) is 9.84 Å². The van der Waals surface area contributed by atoms with Crippen LogP contribution in [0.1, 0.15) is 24.5 Å². The summed E-state index contributed by atoms with van der Waals surface area (Å²) in [5, 5.41) is 9.07. The van der Waals surface area contributed by atoms with Gasteiger partial charge in [0.2, 0.25) is 0 Å². The number of rotatable bonds is 6. The predicted octanol–water partition coefficient (Wildman–Crippen LogP) is 1.55. The zero-order valence-corrected chi connectivity index (χ0v) is 13.6. The molecule has 1 unspecified atom stereocenters. The van der Waals surface area contributed by atoms with E-state index >= 15 is 0 Å². The molecular weight excluding hydrogens is 276 g/mol. The van der Waals surface area contributed by atoms with E-state index in [0.717, 1.165) is 51.4 Å². The number of β-amino-alcohol motifs (C(OH)–C–C–N with tert-alkyl or cyclic N) is 1. The van der Waals surface area contributed by atoms with Gasteiger partial charge in [0.05, 0.1) is 13.2 Å². The molecule has 22 heavy (non-hydrogen) atoms. The highest BCUT2D eigenvalue weighted by atomic mass is 16.5. The van der Waals surface area contributed by atoms with Crippen LogP contribution in [0.15, 0.2) is 18.2 Å². The molecule has 1 fully saturated rings. The summed E-state index contributed by atoms with van der Waals surface area (Å²) in [5.74, 6) is 1.08. The van der Waals surface area contributed by atoms with Crippen LogP contribution in [0.2, 0.25) is 0 Å². The number of ether oxygens (including phenoxy) is 1. The maximum absolute atomic E-state index is 9.07. The zero-order chi connectivity index (χ0) is 15.4. The zero-order valence-electron chi connectivity index (χ0n) is 13.6. The molecule has 0 saturated carbocycles.